The van der Waals surface area contributed by atoms with E-state index in [9.17, 15) is 19.8 Å². The minimum atomic E-state index is -2.54. The minimum absolute atomic E-state index is 0.0954. The van der Waals surface area contributed by atoms with Crippen molar-refractivity contribution >= 4 is 45.2 Å². The second kappa shape index (κ2) is 20.0. The Morgan fingerprint density at radius 2 is 0.767 bits per heavy atom. The molecule has 2 atom stereocenters. The molecule has 0 amide bonds. The zero-order valence-corrected chi connectivity index (χ0v) is 45.3. The van der Waals surface area contributed by atoms with Crippen LogP contribution in [0.2, 0.25) is 72.5 Å². The van der Waals surface area contributed by atoms with Gasteiger partial charge < -0.3 is 27.9 Å². The predicted octanol–water partition coefficient (Wildman–Crippen LogP) is 11.3. The molecule has 0 fully saturated rings. The van der Waals surface area contributed by atoms with Crippen molar-refractivity contribution in [1.82, 2.24) is 9.80 Å². The first-order valence-corrected chi connectivity index (χ1v) is 33.3. The minimum Gasteiger partial charge on any atom is -0.518 e. The molecule has 2 aromatic rings. The van der Waals surface area contributed by atoms with Gasteiger partial charge in [0.25, 0.3) is 16.6 Å². The largest absolute Gasteiger partial charge is 0.518 e. The highest BCUT2D eigenvalue weighted by Crippen LogP contribution is 2.41. The van der Waals surface area contributed by atoms with Gasteiger partial charge in [-0.25, -0.2) is 0 Å². The van der Waals surface area contributed by atoms with Crippen molar-refractivity contribution in [2.24, 2.45) is 0 Å². The zero-order chi connectivity index (χ0) is 46.5. The molecule has 0 saturated carbocycles. The second-order valence-electron chi connectivity index (χ2n) is 22.8. The number of phenolic OH excluding ortho intramolecular Hbond substituents is 2. The van der Waals surface area contributed by atoms with Crippen molar-refractivity contribution in [3.63, 3.8) is 0 Å². The van der Waals surface area contributed by atoms with Crippen LogP contribution in [-0.2, 0) is 40.4 Å². The molecule has 0 aliphatic heterocycles. The third-order valence-electron chi connectivity index (χ3n) is 14.0. The van der Waals surface area contributed by atoms with E-state index in [1.807, 2.05) is 34.1 Å². The van der Waals surface area contributed by atoms with Crippen LogP contribution < -0.4 is 0 Å². The van der Waals surface area contributed by atoms with Crippen LogP contribution in [0.15, 0.2) is 48.5 Å². The summed E-state index contributed by atoms with van der Waals surface area (Å²) in [4.78, 5) is 32.9. The quantitative estimate of drug-likeness (QED) is 0.132. The monoisotopic (exact) mass is 905 g/mol. The number of hydrogen-bond donors (Lipinski definition) is 2. The third-order valence-corrected chi connectivity index (χ3v) is 31.7. The Balaban J connectivity index is 3.04. The molecule has 10 nitrogen and oxygen atoms in total. The van der Waals surface area contributed by atoms with Crippen molar-refractivity contribution in [3.8, 4) is 11.5 Å². The van der Waals surface area contributed by atoms with Crippen LogP contribution in [0.4, 0.5) is 0 Å². The van der Waals surface area contributed by atoms with Crippen LogP contribution in [0.5, 0.6) is 11.5 Å². The molecule has 0 aromatic heterocycles. The predicted molar refractivity (Wildman–Crippen MR) is 257 cm³/mol. The summed E-state index contributed by atoms with van der Waals surface area (Å²) < 4.78 is 27.1. The van der Waals surface area contributed by atoms with Gasteiger partial charge in [0.15, 0.2) is 16.6 Å². The third kappa shape index (κ3) is 14.9. The Kier molecular flexibility index (Phi) is 18.0. The summed E-state index contributed by atoms with van der Waals surface area (Å²) >= 11 is 0. The SMILES string of the molecule is CC(C)(C)[Si](C)(C)OC[C@@H]([C@H](CO[Si](C)(C)C(C)(C)C)N(CC(=O)O[Si](C)(C)C(C)(C)C)Cc1ccccc1O)N(CC(=O)O[Si](C)(C)C(C)(C)C)Cc1ccccc1O. The number of aromatic hydroxyl groups is 2. The molecule has 0 radical (unpaired) electrons. The number of para-hydroxylation sites is 2. The summed E-state index contributed by atoms with van der Waals surface area (Å²) in [7, 11) is -9.92. The first-order valence-electron chi connectivity index (χ1n) is 21.7. The molecule has 342 valence electrons. The van der Waals surface area contributed by atoms with E-state index in [4.69, 9.17) is 17.7 Å². The number of benzene rings is 2. The fraction of sp³-hybridized carbons (Fsp3) is 0.696. The molecule has 0 bridgehead atoms. The van der Waals surface area contributed by atoms with Gasteiger partial charge in [-0.3, -0.25) is 19.4 Å². The highest BCUT2D eigenvalue weighted by atomic mass is 28.4. The Bertz CT molecular complexity index is 1600. The Hall–Kier alpha value is -2.31. The lowest BCUT2D eigenvalue weighted by Crippen LogP contribution is -2.60. The highest BCUT2D eigenvalue weighted by Gasteiger charge is 2.46. The molecular formula is C46H84N2O8Si4. The van der Waals surface area contributed by atoms with Crippen molar-refractivity contribution in [3.05, 3.63) is 59.7 Å². The van der Waals surface area contributed by atoms with Gasteiger partial charge in [-0.15, -0.1) is 0 Å². The van der Waals surface area contributed by atoms with Gasteiger partial charge in [0.2, 0.25) is 0 Å². The Labute approximate surface area is 369 Å². The molecule has 14 heteroatoms. The van der Waals surface area contributed by atoms with E-state index in [1.165, 1.54) is 0 Å². The van der Waals surface area contributed by atoms with E-state index in [2.05, 4.69) is 135 Å². The van der Waals surface area contributed by atoms with Crippen molar-refractivity contribution < 1.29 is 37.5 Å². The average molecular weight is 906 g/mol. The summed E-state index contributed by atoms with van der Waals surface area (Å²) in [5, 5.41) is 21.8. The molecular weight excluding hydrogens is 821 g/mol. The molecule has 2 N–H and O–H groups in total. The first kappa shape index (κ1) is 53.8. The smallest absolute Gasteiger partial charge is 0.306 e. The summed E-state index contributed by atoms with van der Waals surface area (Å²) in [6.45, 7) is 43.5. The molecule has 0 aliphatic rings. The van der Waals surface area contributed by atoms with Gasteiger partial charge in [-0.05, 0) is 84.7 Å². The molecule has 0 saturated heterocycles. The van der Waals surface area contributed by atoms with Crippen molar-refractivity contribution in [2.45, 2.75) is 181 Å². The number of hydrogen-bond acceptors (Lipinski definition) is 10. The zero-order valence-electron chi connectivity index (χ0n) is 41.3. The number of carbonyl (C=O) groups is 2. The van der Waals surface area contributed by atoms with Crippen LogP contribution in [0.25, 0.3) is 0 Å². The van der Waals surface area contributed by atoms with E-state index in [1.54, 1.807) is 24.3 Å². The van der Waals surface area contributed by atoms with Gasteiger partial charge in [0, 0.05) is 24.2 Å². The van der Waals surface area contributed by atoms with Crippen LogP contribution >= 0.6 is 0 Å². The van der Waals surface area contributed by atoms with Crippen LogP contribution in [0.3, 0.4) is 0 Å². The Morgan fingerprint density at radius 1 is 0.500 bits per heavy atom. The molecule has 0 heterocycles. The van der Waals surface area contributed by atoms with Gasteiger partial charge in [-0.1, -0.05) is 119 Å². The first-order chi connectivity index (χ1) is 26.9. The van der Waals surface area contributed by atoms with Crippen LogP contribution in [-0.4, -0.2) is 104 Å². The molecule has 2 aromatic carbocycles. The van der Waals surface area contributed by atoms with E-state index in [0.29, 0.717) is 11.1 Å². The molecule has 60 heavy (non-hydrogen) atoms. The summed E-state index contributed by atoms with van der Waals surface area (Å²) in [5.41, 5.74) is 1.28. The topological polar surface area (TPSA) is 118 Å². The van der Waals surface area contributed by atoms with E-state index < -0.39 is 45.4 Å². The highest BCUT2D eigenvalue weighted by molar-refractivity contribution is 6.76. The Morgan fingerprint density at radius 3 is 1.02 bits per heavy atom. The van der Waals surface area contributed by atoms with Gasteiger partial charge in [-0.2, -0.15) is 0 Å². The second-order valence-corrected chi connectivity index (χ2v) is 41.9. The number of phenols is 2. The summed E-state index contributed by atoms with van der Waals surface area (Å²) in [5.74, 6) is -0.490. The summed E-state index contributed by atoms with van der Waals surface area (Å²) in [6.07, 6.45) is 0. The number of nitrogens with zero attached hydrogens (tertiary/aromatic N) is 2. The molecule has 0 unspecified atom stereocenters. The molecule has 0 spiro atoms. The fourth-order valence-corrected chi connectivity index (χ4v) is 9.44. The molecule has 2 rings (SSSR count). The molecule has 0 aliphatic carbocycles. The lowest BCUT2D eigenvalue weighted by Gasteiger charge is -2.46. The van der Waals surface area contributed by atoms with E-state index in [-0.39, 0.29) is 83.0 Å². The fourth-order valence-electron chi connectivity index (χ4n) is 5.52. The van der Waals surface area contributed by atoms with Crippen LogP contribution in [0, 0.1) is 0 Å². The van der Waals surface area contributed by atoms with E-state index in [0.717, 1.165) is 0 Å². The number of carbonyl (C=O) groups excluding carboxylic acids is 2. The van der Waals surface area contributed by atoms with E-state index >= 15 is 0 Å². The maximum Gasteiger partial charge on any atom is 0.306 e. The maximum atomic E-state index is 14.4. The maximum absolute atomic E-state index is 14.4. The normalized spacial score (nSPS) is 15.0. The lowest BCUT2D eigenvalue weighted by atomic mass is 10.0. The average Bonchev–Trinajstić information content (AvgIpc) is 3.05. The van der Waals surface area contributed by atoms with Crippen LogP contribution in [0.1, 0.15) is 94.2 Å². The summed E-state index contributed by atoms with van der Waals surface area (Å²) in [6, 6.07) is 13.2. The van der Waals surface area contributed by atoms with Crippen molar-refractivity contribution in [1.29, 1.82) is 0 Å². The standard InChI is InChI=1S/C46H84N2O8Si4/c1-43(2,3)57(13,14)53-33-37(47(29-35-25-21-23-27-39(35)49)31-41(51)55-59(17,18)45(7,8)9)38(34-54-58(15,16)44(4,5)6)48(30-36-26-22-24-28-40(36)50)32-42(52)56-60(19,20)46(10,11)12/h21-28,37-38,49-50H,29-34H2,1-20H3/t37-,38-/m0/s1. The lowest BCUT2D eigenvalue weighted by molar-refractivity contribution is -0.141. The van der Waals surface area contributed by atoms with Gasteiger partial charge in [0.1, 0.15) is 11.5 Å². The van der Waals surface area contributed by atoms with Gasteiger partial charge in [0.05, 0.1) is 38.4 Å². The van der Waals surface area contributed by atoms with Gasteiger partial charge >= 0.3 is 11.9 Å². The number of rotatable bonds is 19. The van der Waals surface area contributed by atoms with Crippen molar-refractivity contribution in [2.75, 3.05) is 26.3 Å².